The molecule has 7 heteroatoms. The monoisotopic (exact) mass is 483 g/mol. The van der Waals surface area contributed by atoms with Gasteiger partial charge in [0.25, 0.3) is 0 Å². The molecule has 1 fully saturated rings. The molecule has 2 aromatic carbocycles. The van der Waals surface area contributed by atoms with Crippen molar-refractivity contribution in [1.29, 1.82) is 5.26 Å². The molecule has 1 aliphatic heterocycles. The Balaban J connectivity index is 1.57. The SMILES string of the molecule is COC(=O)C1CCN(Cc2ccc(Cl)c(Cc3cc4c(C)cc(C#N)cc4n3C)c2Cl)CC1. The molecule has 5 nitrogen and oxygen atoms in total. The molecule has 1 aromatic heterocycles. The Morgan fingerprint density at radius 3 is 2.61 bits per heavy atom. The molecule has 1 saturated heterocycles. The van der Waals surface area contributed by atoms with Crippen LogP contribution in [0.2, 0.25) is 10.0 Å². The molecule has 0 spiro atoms. The third kappa shape index (κ3) is 4.75. The van der Waals surface area contributed by atoms with Crippen molar-refractivity contribution in [1.82, 2.24) is 9.47 Å². The lowest BCUT2D eigenvalue weighted by Crippen LogP contribution is -2.36. The van der Waals surface area contributed by atoms with Crippen LogP contribution in [-0.2, 0) is 29.5 Å². The highest BCUT2D eigenvalue weighted by molar-refractivity contribution is 6.36. The molecular weight excluding hydrogens is 457 g/mol. The van der Waals surface area contributed by atoms with E-state index >= 15 is 0 Å². The van der Waals surface area contributed by atoms with Crippen molar-refractivity contribution >= 4 is 40.1 Å². The number of aryl methyl sites for hydroxylation is 2. The molecule has 0 aliphatic carbocycles. The molecule has 0 atom stereocenters. The van der Waals surface area contributed by atoms with Gasteiger partial charge in [-0.25, -0.2) is 0 Å². The second kappa shape index (κ2) is 9.77. The van der Waals surface area contributed by atoms with E-state index in [1.165, 1.54) is 7.11 Å². The average molecular weight is 484 g/mol. The second-order valence-electron chi connectivity index (χ2n) is 8.78. The summed E-state index contributed by atoms with van der Waals surface area (Å²) in [5.74, 6) is -0.132. The third-order valence-corrected chi connectivity index (χ3v) is 7.56. The van der Waals surface area contributed by atoms with E-state index in [1.54, 1.807) is 0 Å². The predicted molar refractivity (Wildman–Crippen MR) is 132 cm³/mol. The topological polar surface area (TPSA) is 58.3 Å². The Kier molecular flexibility index (Phi) is 6.99. The molecule has 0 unspecified atom stereocenters. The van der Waals surface area contributed by atoms with Gasteiger partial charge in [0, 0.05) is 41.6 Å². The minimum absolute atomic E-state index is 0.0148. The van der Waals surface area contributed by atoms with Crippen molar-refractivity contribution in [3.05, 3.63) is 68.3 Å². The molecule has 4 rings (SSSR count). The van der Waals surface area contributed by atoms with Gasteiger partial charge in [0.15, 0.2) is 0 Å². The summed E-state index contributed by atoms with van der Waals surface area (Å²) in [6, 6.07) is 12.1. The van der Waals surface area contributed by atoms with Crippen LogP contribution in [-0.4, -0.2) is 35.6 Å². The molecule has 0 N–H and O–H groups in total. The van der Waals surface area contributed by atoms with Crippen LogP contribution in [0, 0.1) is 24.2 Å². The lowest BCUT2D eigenvalue weighted by Gasteiger charge is -2.31. The van der Waals surface area contributed by atoms with Crippen molar-refractivity contribution in [2.75, 3.05) is 20.2 Å². The first-order valence-electron chi connectivity index (χ1n) is 11.1. The van der Waals surface area contributed by atoms with Crippen LogP contribution >= 0.6 is 23.2 Å². The first kappa shape index (κ1) is 23.6. The molecule has 0 amide bonds. The number of halogens is 2. The number of hydrogen-bond acceptors (Lipinski definition) is 4. The molecule has 0 bridgehead atoms. The van der Waals surface area contributed by atoms with Gasteiger partial charge in [-0.3, -0.25) is 9.69 Å². The summed E-state index contributed by atoms with van der Waals surface area (Å²) in [5.41, 5.74) is 5.79. The lowest BCUT2D eigenvalue weighted by molar-refractivity contribution is -0.147. The zero-order valence-corrected chi connectivity index (χ0v) is 20.6. The number of hydrogen-bond donors (Lipinski definition) is 0. The molecule has 172 valence electrons. The van der Waals surface area contributed by atoms with Gasteiger partial charge < -0.3 is 9.30 Å². The second-order valence-corrected chi connectivity index (χ2v) is 9.57. The number of ether oxygens (including phenoxy) is 1. The molecule has 3 aromatic rings. The minimum Gasteiger partial charge on any atom is -0.469 e. The smallest absolute Gasteiger partial charge is 0.308 e. The summed E-state index contributed by atoms with van der Waals surface area (Å²) in [6.07, 6.45) is 2.19. The quantitative estimate of drug-likeness (QED) is 0.440. The van der Waals surface area contributed by atoms with Gasteiger partial charge in [-0.05, 0) is 73.8 Å². The Morgan fingerprint density at radius 2 is 1.94 bits per heavy atom. The van der Waals surface area contributed by atoms with E-state index in [1.807, 2.05) is 38.2 Å². The van der Waals surface area contributed by atoms with Crippen molar-refractivity contribution in [2.24, 2.45) is 13.0 Å². The van der Waals surface area contributed by atoms with Crippen molar-refractivity contribution in [2.45, 2.75) is 32.7 Å². The number of likely N-dealkylation sites (tertiary alicyclic amines) is 1. The largest absolute Gasteiger partial charge is 0.469 e. The van der Waals surface area contributed by atoms with Gasteiger partial charge in [0.05, 0.1) is 29.7 Å². The Morgan fingerprint density at radius 1 is 1.21 bits per heavy atom. The normalized spacial score (nSPS) is 15.0. The highest BCUT2D eigenvalue weighted by Gasteiger charge is 2.26. The maximum Gasteiger partial charge on any atom is 0.308 e. The number of piperidine rings is 1. The van der Waals surface area contributed by atoms with Gasteiger partial charge in [0.1, 0.15) is 0 Å². The Hall–Kier alpha value is -2.52. The number of nitrogens with zero attached hydrogens (tertiary/aromatic N) is 3. The maximum absolute atomic E-state index is 11.8. The van der Waals surface area contributed by atoms with Crippen LogP contribution in [0.15, 0.2) is 30.3 Å². The van der Waals surface area contributed by atoms with Crippen molar-refractivity contribution in [3.63, 3.8) is 0 Å². The number of nitriles is 1. The van der Waals surface area contributed by atoms with Gasteiger partial charge in [-0.15, -0.1) is 0 Å². The fourth-order valence-electron chi connectivity index (χ4n) is 4.74. The number of carbonyl (C=O) groups is 1. The van der Waals surface area contributed by atoms with E-state index in [2.05, 4.69) is 21.6 Å². The van der Waals surface area contributed by atoms with Crippen LogP contribution in [0.3, 0.4) is 0 Å². The number of aromatic nitrogens is 1. The molecule has 0 radical (unpaired) electrons. The number of fused-ring (bicyclic) bond motifs is 1. The van der Waals surface area contributed by atoms with Gasteiger partial charge in [0.2, 0.25) is 0 Å². The highest BCUT2D eigenvalue weighted by Crippen LogP contribution is 2.34. The van der Waals surface area contributed by atoms with Crippen LogP contribution < -0.4 is 0 Å². The van der Waals surface area contributed by atoms with E-state index in [4.69, 9.17) is 27.9 Å². The summed E-state index contributed by atoms with van der Waals surface area (Å²) in [4.78, 5) is 14.1. The number of methoxy groups -OCH3 is 1. The van der Waals surface area contributed by atoms with Gasteiger partial charge in [-0.1, -0.05) is 29.3 Å². The summed E-state index contributed by atoms with van der Waals surface area (Å²) in [7, 11) is 3.46. The Bertz CT molecular complexity index is 1250. The minimum atomic E-state index is -0.117. The van der Waals surface area contributed by atoms with Gasteiger partial charge in [-0.2, -0.15) is 5.26 Å². The lowest BCUT2D eigenvalue weighted by atomic mass is 9.96. The average Bonchev–Trinajstić information content (AvgIpc) is 3.14. The summed E-state index contributed by atoms with van der Waals surface area (Å²) in [5, 5.41) is 11.8. The molecule has 33 heavy (non-hydrogen) atoms. The van der Waals surface area contributed by atoms with Crippen molar-refractivity contribution < 1.29 is 9.53 Å². The van der Waals surface area contributed by atoms with E-state index in [0.717, 1.165) is 65.8 Å². The number of rotatable bonds is 5. The summed E-state index contributed by atoms with van der Waals surface area (Å²) >= 11 is 13.5. The predicted octanol–water partition coefficient (Wildman–Crippen LogP) is 5.64. The van der Waals surface area contributed by atoms with E-state index < -0.39 is 0 Å². The number of carbonyl (C=O) groups excluding carboxylic acids is 1. The summed E-state index contributed by atoms with van der Waals surface area (Å²) < 4.78 is 7.00. The first-order valence-corrected chi connectivity index (χ1v) is 11.8. The van der Waals surface area contributed by atoms with Crippen LogP contribution in [0.25, 0.3) is 10.9 Å². The van der Waals surface area contributed by atoms with Crippen molar-refractivity contribution in [3.8, 4) is 6.07 Å². The first-order chi connectivity index (χ1) is 15.8. The fourth-order valence-corrected chi connectivity index (χ4v) is 5.31. The number of benzene rings is 2. The van der Waals surface area contributed by atoms with E-state index in [9.17, 15) is 10.1 Å². The summed E-state index contributed by atoms with van der Waals surface area (Å²) in [6.45, 7) is 4.41. The molecule has 1 aliphatic rings. The van der Waals surface area contributed by atoms with Crippen LogP contribution in [0.1, 0.15) is 40.8 Å². The number of esters is 1. The standard InChI is InChI=1S/C26H27Cl2N3O2/c1-16-10-17(14-29)11-24-21(16)12-20(30(24)2)13-22-23(27)5-4-19(25(22)28)15-31-8-6-18(7-9-31)26(32)33-3/h4-5,10-12,18H,6-9,13,15H2,1-3H3. The Labute approximate surface area is 204 Å². The molecule has 2 heterocycles. The zero-order valence-electron chi connectivity index (χ0n) is 19.1. The van der Waals surface area contributed by atoms with E-state index in [0.29, 0.717) is 22.0 Å². The van der Waals surface area contributed by atoms with E-state index in [-0.39, 0.29) is 11.9 Å². The molecule has 0 saturated carbocycles. The van der Waals surface area contributed by atoms with Crippen LogP contribution in [0.5, 0.6) is 0 Å². The molecular formula is C26H27Cl2N3O2. The third-order valence-electron chi connectivity index (χ3n) is 6.74. The van der Waals surface area contributed by atoms with Crippen LogP contribution in [0.4, 0.5) is 0 Å². The van der Waals surface area contributed by atoms with Gasteiger partial charge >= 0.3 is 5.97 Å². The fraction of sp³-hybridized carbons (Fsp3) is 0.385. The maximum atomic E-state index is 11.8. The highest BCUT2D eigenvalue weighted by atomic mass is 35.5. The zero-order chi connectivity index (χ0) is 23.7.